The topological polar surface area (TPSA) is 88.3 Å². The number of fused-ring (bicyclic) bond motifs is 1. The molecule has 1 aliphatic heterocycles. The van der Waals surface area contributed by atoms with E-state index in [1.165, 1.54) is 30.6 Å². The largest absolute Gasteiger partial charge is 0.465 e. The Morgan fingerprint density at radius 2 is 1.86 bits per heavy atom. The number of hydrogen-bond acceptors (Lipinski definition) is 6. The van der Waals surface area contributed by atoms with Gasteiger partial charge in [0.2, 0.25) is 0 Å². The summed E-state index contributed by atoms with van der Waals surface area (Å²) >= 11 is 1.38. The zero-order chi connectivity index (χ0) is 25.2. The molecule has 0 unspecified atom stereocenters. The maximum absolute atomic E-state index is 12.5. The third-order valence-electron chi connectivity index (χ3n) is 5.97. The summed E-state index contributed by atoms with van der Waals surface area (Å²) in [6, 6.07) is 18.3. The normalized spacial score (nSPS) is 17.1. The van der Waals surface area contributed by atoms with Gasteiger partial charge in [-0.3, -0.25) is 14.8 Å². The van der Waals surface area contributed by atoms with Crippen LogP contribution in [-0.4, -0.2) is 47.5 Å². The molecule has 0 saturated carbocycles. The smallest absolute Gasteiger partial charge is 0.348 e. The fourth-order valence-corrected chi connectivity index (χ4v) is 9.57. The molecule has 10 heteroatoms. The summed E-state index contributed by atoms with van der Waals surface area (Å²) in [5.41, 5.74) is 2.52. The summed E-state index contributed by atoms with van der Waals surface area (Å²) in [7, 11) is 0.691. The van der Waals surface area contributed by atoms with Gasteiger partial charge in [-0.1, -0.05) is 50.2 Å². The van der Waals surface area contributed by atoms with Gasteiger partial charge in [0.15, 0.2) is 7.36 Å². The van der Waals surface area contributed by atoms with E-state index in [0.717, 1.165) is 21.4 Å². The summed E-state index contributed by atoms with van der Waals surface area (Å²) in [4.78, 5) is 25.0. The highest BCUT2D eigenvalue weighted by Crippen LogP contribution is 2.63. The van der Waals surface area contributed by atoms with Crippen LogP contribution in [0.1, 0.15) is 34.0 Å². The lowest BCUT2D eigenvalue weighted by atomic mass is 10.1. The highest BCUT2D eigenvalue weighted by Gasteiger charge is 2.41. The number of benzene rings is 2. The first kappa shape index (κ1) is 24.9. The Morgan fingerprint density at radius 1 is 1.14 bits per heavy atom. The predicted octanol–water partition coefficient (Wildman–Crippen LogP) is 6.22. The maximum Gasteiger partial charge on any atom is 0.348 e. The Hall–Kier alpha value is -3.26. The number of ether oxygens (including phenoxy) is 1. The van der Waals surface area contributed by atoms with Crippen LogP contribution in [0.2, 0.25) is 0 Å². The minimum atomic E-state index is -2.70. The summed E-state index contributed by atoms with van der Waals surface area (Å²) in [5, 5.41) is 12.4. The fraction of sp³-hybridized carbons (Fsp3) is 0.240. The Morgan fingerprint density at radius 3 is 2.49 bits per heavy atom. The Labute approximate surface area is 208 Å². The number of nitrogens with zero attached hydrogens (tertiary/aromatic N) is 4. The maximum atomic E-state index is 12.5. The van der Waals surface area contributed by atoms with Crippen LogP contribution in [0.15, 0.2) is 65.4 Å². The molecule has 0 N–H and O–H groups in total. The molecule has 3 aromatic rings. The molecular weight excluding hydrogens is 483 g/mol. The number of esters is 1. The van der Waals surface area contributed by atoms with Crippen LogP contribution >= 0.6 is 18.7 Å². The van der Waals surface area contributed by atoms with Gasteiger partial charge < -0.3 is 9.41 Å². The van der Waals surface area contributed by atoms with E-state index in [1.54, 1.807) is 12.1 Å². The summed E-state index contributed by atoms with van der Waals surface area (Å²) in [6.07, 6.45) is 2.09. The van der Waals surface area contributed by atoms with Crippen LogP contribution in [0.25, 0.3) is 11.8 Å². The molecule has 0 bridgehead atoms. The number of thiophene rings is 1. The molecule has 1 aliphatic rings. The van der Waals surface area contributed by atoms with E-state index < -0.39 is 18.2 Å². The summed E-state index contributed by atoms with van der Waals surface area (Å²) < 4.78 is 14.8. The summed E-state index contributed by atoms with van der Waals surface area (Å²) in [6.45, 7) is 5.57. The van der Waals surface area contributed by atoms with Crippen LogP contribution < -0.4 is 5.30 Å². The highest BCUT2D eigenvalue weighted by molar-refractivity contribution is 7.70. The lowest BCUT2D eigenvalue weighted by Gasteiger charge is -2.45. The van der Waals surface area contributed by atoms with Crippen molar-refractivity contribution in [2.24, 2.45) is 4.74 Å². The number of nitro benzene ring substituents is 1. The van der Waals surface area contributed by atoms with Gasteiger partial charge in [-0.25, -0.2) is 9.54 Å². The SMILES string of the molecule is CCN(CC)[P@]1(=Nc2cccc([N+](=O)[O-])c2)c2cc(C(=O)OC)sc2C=C(c2ccccc2)N1C. The first-order chi connectivity index (χ1) is 16.8. The van der Waals surface area contributed by atoms with Crippen LogP contribution in [0.5, 0.6) is 0 Å². The zero-order valence-corrected chi connectivity index (χ0v) is 21.8. The lowest BCUT2D eigenvalue weighted by Crippen LogP contribution is -2.37. The van der Waals surface area contributed by atoms with Crippen LogP contribution in [0, 0.1) is 10.1 Å². The van der Waals surface area contributed by atoms with Crippen molar-refractivity contribution in [1.82, 2.24) is 9.34 Å². The third-order valence-corrected chi connectivity index (χ3v) is 11.1. The molecule has 1 aromatic heterocycles. The van der Waals surface area contributed by atoms with Gasteiger partial charge >= 0.3 is 5.97 Å². The first-order valence-electron chi connectivity index (χ1n) is 11.2. The third kappa shape index (κ3) is 4.43. The molecule has 1 atom stereocenters. The molecule has 0 aliphatic carbocycles. The average Bonchev–Trinajstić information content (AvgIpc) is 3.31. The molecule has 4 rings (SSSR count). The van der Waals surface area contributed by atoms with Crippen LogP contribution in [0.3, 0.4) is 0 Å². The average molecular weight is 511 g/mol. The number of rotatable bonds is 7. The Balaban J connectivity index is 2.09. The quantitative estimate of drug-likeness (QED) is 0.162. The highest BCUT2D eigenvalue weighted by atomic mass is 32.1. The second-order valence-corrected chi connectivity index (χ2v) is 11.9. The Bertz CT molecular complexity index is 1350. The van der Waals surface area contributed by atoms with E-state index in [1.807, 2.05) is 43.4 Å². The molecule has 182 valence electrons. The monoisotopic (exact) mass is 510 g/mol. The van der Waals surface area contributed by atoms with Gasteiger partial charge in [0.25, 0.3) is 5.69 Å². The Kier molecular flexibility index (Phi) is 7.21. The first-order valence-corrected chi connectivity index (χ1v) is 13.7. The zero-order valence-electron chi connectivity index (χ0n) is 20.0. The van der Waals surface area contributed by atoms with Gasteiger partial charge in [-0.15, -0.1) is 11.3 Å². The van der Waals surface area contributed by atoms with Crippen molar-refractivity contribution in [3.63, 3.8) is 0 Å². The van der Waals surface area contributed by atoms with Crippen molar-refractivity contribution >= 4 is 53.1 Å². The van der Waals surface area contributed by atoms with Crippen LogP contribution in [-0.2, 0) is 4.74 Å². The van der Waals surface area contributed by atoms with E-state index in [4.69, 9.17) is 9.48 Å². The minimum Gasteiger partial charge on any atom is -0.465 e. The van der Waals surface area contributed by atoms with Crippen molar-refractivity contribution in [1.29, 1.82) is 0 Å². The van der Waals surface area contributed by atoms with Gasteiger partial charge in [-0.2, -0.15) is 0 Å². The number of nitro groups is 1. The van der Waals surface area contributed by atoms with Crippen molar-refractivity contribution in [3.8, 4) is 0 Å². The van der Waals surface area contributed by atoms with Crippen molar-refractivity contribution in [3.05, 3.63) is 86.1 Å². The second-order valence-electron chi connectivity index (χ2n) is 7.86. The van der Waals surface area contributed by atoms with Crippen molar-refractivity contribution < 1.29 is 14.5 Å². The van der Waals surface area contributed by atoms with Crippen molar-refractivity contribution in [2.75, 3.05) is 27.2 Å². The van der Waals surface area contributed by atoms with E-state index in [-0.39, 0.29) is 5.69 Å². The van der Waals surface area contributed by atoms with Gasteiger partial charge in [0, 0.05) is 42.5 Å². The van der Waals surface area contributed by atoms with E-state index in [2.05, 4.69) is 29.3 Å². The molecule has 0 spiro atoms. The van der Waals surface area contributed by atoms with Crippen molar-refractivity contribution in [2.45, 2.75) is 13.8 Å². The molecule has 8 nitrogen and oxygen atoms in total. The number of carbonyl (C=O) groups excluding carboxylic acids is 1. The predicted molar refractivity (Wildman–Crippen MR) is 142 cm³/mol. The summed E-state index contributed by atoms with van der Waals surface area (Å²) in [5.74, 6) is -0.394. The van der Waals surface area contributed by atoms with E-state index >= 15 is 0 Å². The molecule has 2 heterocycles. The standard InChI is InChI=1S/C25H27N4O4PS/c1-5-28(6-2)34(26-19-13-10-14-20(15-19)29(31)32)22-17-24(25(30)33-4)35-23(22)16-21(27(34)3)18-11-8-7-9-12-18/h7-17H,5-6H2,1-4H3/t34-/m0/s1. The number of carbonyl (C=O) groups is 1. The molecule has 0 fully saturated rings. The van der Waals surface area contributed by atoms with E-state index in [0.29, 0.717) is 23.7 Å². The van der Waals surface area contributed by atoms with Gasteiger partial charge in [0.1, 0.15) is 4.88 Å². The molecule has 35 heavy (non-hydrogen) atoms. The lowest BCUT2D eigenvalue weighted by molar-refractivity contribution is -0.384. The second kappa shape index (κ2) is 10.2. The van der Waals surface area contributed by atoms with Gasteiger partial charge in [-0.05, 0) is 23.8 Å². The fourth-order valence-electron chi connectivity index (χ4n) is 4.32. The number of methoxy groups -OCH3 is 1. The molecule has 0 radical (unpaired) electrons. The van der Waals surface area contributed by atoms with Gasteiger partial charge in [0.05, 0.1) is 23.4 Å². The minimum absolute atomic E-state index is 0.0109. The number of non-ortho nitro benzene ring substituents is 1. The molecular formula is C25H27N4O4PS. The molecule has 2 aromatic carbocycles. The molecule has 0 saturated heterocycles. The van der Waals surface area contributed by atoms with Crippen LogP contribution in [0.4, 0.5) is 11.4 Å². The number of hydrogen-bond donors (Lipinski definition) is 0. The molecule has 0 amide bonds. The van der Waals surface area contributed by atoms with E-state index in [9.17, 15) is 14.9 Å².